The number of thiophene rings is 1. The van der Waals surface area contributed by atoms with Crippen LogP contribution in [0, 0.1) is 0 Å². The number of para-hydroxylation sites is 1. The highest BCUT2D eigenvalue weighted by atomic mass is 35.5. The van der Waals surface area contributed by atoms with E-state index in [0.717, 1.165) is 37.4 Å². The Morgan fingerprint density at radius 2 is 1.72 bits per heavy atom. The number of hydrogen-bond donors (Lipinski definition) is 0. The first-order valence-electron chi connectivity index (χ1n) is 10.9. The Morgan fingerprint density at radius 1 is 1.00 bits per heavy atom. The molecule has 0 unspecified atom stereocenters. The van der Waals surface area contributed by atoms with Crippen LogP contribution in [-0.2, 0) is 21.2 Å². The van der Waals surface area contributed by atoms with Crippen LogP contribution < -0.4 is 4.74 Å². The minimum Gasteiger partial charge on any atom is -0.491 e. The number of hydrogen-bond acceptors (Lipinski definition) is 6. The highest BCUT2D eigenvalue weighted by Crippen LogP contribution is 2.28. The molecule has 2 aliphatic rings. The molecule has 0 bridgehead atoms. The summed E-state index contributed by atoms with van der Waals surface area (Å²) in [7, 11) is -3.42. The molecule has 0 saturated carbocycles. The molecule has 0 aliphatic carbocycles. The number of ether oxygens (including phenoxy) is 1. The third-order valence-corrected chi connectivity index (χ3v) is 9.61. The van der Waals surface area contributed by atoms with E-state index in [-0.39, 0.29) is 12.3 Å². The first-order chi connectivity index (χ1) is 15.4. The van der Waals surface area contributed by atoms with Gasteiger partial charge < -0.3 is 9.64 Å². The minimum absolute atomic E-state index is 0.0453. The minimum atomic E-state index is -3.42. The van der Waals surface area contributed by atoms with Crippen molar-refractivity contribution >= 4 is 38.9 Å². The van der Waals surface area contributed by atoms with Crippen molar-refractivity contribution in [2.24, 2.45) is 0 Å². The average molecular weight is 498 g/mol. The van der Waals surface area contributed by atoms with E-state index >= 15 is 0 Å². The van der Waals surface area contributed by atoms with Crippen LogP contribution in [0.4, 0.5) is 0 Å². The van der Waals surface area contributed by atoms with E-state index in [1.807, 2.05) is 23.1 Å². The molecule has 1 aromatic heterocycles. The van der Waals surface area contributed by atoms with E-state index in [1.165, 1.54) is 11.3 Å². The van der Waals surface area contributed by atoms with Crippen LogP contribution in [0.15, 0.2) is 40.6 Å². The fourth-order valence-electron chi connectivity index (χ4n) is 3.98. The van der Waals surface area contributed by atoms with E-state index < -0.39 is 10.0 Å². The van der Waals surface area contributed by atoms with E-state index in [4.69, 9.17) is 16.3 Å². The highest BCUT2D eigenvalue weighted by Gasteiger charge is 2.29. The number of amides is 1. The van der Waals surface area contributed by atoms with Crippen molar-refractivity contribution in [3.8, 4) is 5.75 Å². The number of carbonyl (C=O) groups excluding carboxylic acids is 1. The Labute approximate surface area is 198 Å². The largest absolute Gasteiger partial charge is 0.491 e. The first-order valence-corrected chi connectivity index (χ1v) is 13.5. The number of benzene rings is 1. The fraction of sp³-hybridized carbons (Fsp3) is 0.500. The molecule has 2 aliphatic heterocycles. The Balaban J connectivity index is 1.22. The second-order valence-electron chi connectivity index (χ2n) is 8.01. The Bertz CT molecular complexity index is 1030. The molecule has 1 aromatic carbocycles. The second-order valence-corrected chi connectivity index (χ2v) is 11.8. The number of sulfonamides is 1. The van der Waals surface area contributed by atoms with Crippen LogP contribution in [0.1, 0.15) is 17.7 Å². The van der Waals surface area contributed by atoms with Crippen molar-refractivity contribution in [3.63, 3.8) is 0 Å². The lowest BCUT2D eigenvalue weighted by atomic mass is 10.2. The zero-order valence-corrected chi connectivity index (χ0v) is 20.3. The molecule has 0 N–H and O–H groups in total. The van der Waals surface area contributed by atoms with Crippen molar-refractivity contribution in [2.45, 2.75) is 23.5 Å². The molecule has 0 spiro atoms. The lowest BCUT2D eigenvalue weighted by Gasteiger charge is -2.34. The molecule has 2 saturated heterocycles. The fourth-order valence-corrected chi connectivity index (χ4v) is 7.18. The number of halogens is 1. The van der Waals surface area contributed by atoms with Gasteiger partial charge in [-0.2, -0.15) is 4.31 Å². The molecule has 3 heterocycles. The number of piperazine rings is 1. The van der Waals surface area contributed by atoms with Crippen LogP contribution >= 0.6 is 22.9 Å². The van der Waals surface area contributed by atoms with E-state index in [0.29, 0.717) is 47.8 Å². The molecule has 0 radical (unpaired) electrons. The predicted octanol–water partition coefficient (Wildman–Crippen LogP) is 2.95. The maximum atomic E-state index is 12.7. The molecule has 0 atom stereocenters. The first kappa shape index (κ1) is 23.5. The maximum Gasteiger partial charge on any atom is 0.252 e. The zero-order valence-electron chi connectivity index (χ0n) is 17.9. The Kier molecular flexibility index (Phi) is 7.73. The van der Waals surface area contributed by atoms with Gasteiger partial charge in [0.25, 0.3) is 10.0 Å². The molecule has 32 heavy (non-hydrogen) atoms. The summed E-state index contributed by atoms with van der Waals surface area (Å²) in [5.74, 6) is 0.731. The number of rotatable bonds is 8. The van der Waals surface area contributed by atoms with Crippen LogP contribution in [0.3, 0.4) is 0 Å². The van der Waals surface area contributed by atoms with Crippen LogP contribution in [0.5, 0.6) is 5.75 Å². The topological polar surface area (TPSA) is 70.2 Å². The van der Waals surface area contributed by atoms with Crippen molar-refractivity contribution in [1.29, 1.82) is 0 Å². The summed E-state index contributed by atoms with van der Waals surface area (Å²) < 4.78 is 33.0. The maximum absolute atomic E-state index is 12.7. The summed E-state index contributed by atoms with van der Waals surface area (Å²) in [4.78, 5) is 17.7. The van der Waals surface area contributed by atoms with Gasteiger partial charge in [-0.05, 0) is 37.1 Å². The van der Waals surface area contributed by atoms with Gasteiger partial charge in [0.05, 0.1) is 11.4 Å². The third kappa shape index (κ3) is 5.63. The molecular weight excluding hydrogens is 470 g/mol. The highest BCUT2D eigenvalue weighted by molar-refractivity contribution is 7.91. The summed E-state index contributed by atoms with van der Waals surface area (Å²) in [6, 6.07) is 10.8. The normalized spacial score (nSPS) is 18.2. The van der Waals surface area contributed by atoms with Crippen LogP contribution in [-0.4, -0.2) is 80.9 Å². The van der Waals surface area contributed by atoms with Crippen molar-refractivity contribution in [3.05, 3.63) is 46.3 Å². The van der Waals surface area contributed by atoms with Crippen LogP contribution in [0.25, 0.3) is 0 Å². The van der Waals surface area contributed by atoms with Gasteiger partial charge in [-0.15, -0.1) is 11.3 Å². The van der Waals surface area contributed by atoms with Gasteiger partial charge in [-0.25, -0.2) is 8.42 Å². The lowest BCUT2D eigenvalue weighted by molar-refractivity contribution is -0.132. The summed E-state index contributed by atoms with van der Waals surface area (Å²) in [5.41, 5.74) is 0. The summed E-state index contributed by atoms with van der Waals surface area (Å²) in [6.07, 6.45) is 2.07. The molecule has 2 aromatic rings. The van der Waals surface area contributed by atoms with Gasteiger partial charge in [0, 0.05) is 50.7 Å². The molecule has 1 amide bonds. The monoisotopic (exact) mass is 497 g/mol. The molecule has 174 valence electrons. The van der Waals surface area contributed by atoms with Gasteiger partial charge in [-0.3, -0.25) is 9.69 Å². The number of carbonyl (C=O) groups is 1. The summed E-state index contributed by atoms with van der Waals surface area (Å²) in [6.45, 7) is 5.39. The molecule has 7 nitrogen and oxygen atoms in total. The SMILES string of the molecule is O=C(Cc1ccc(S(=O)(=O)N2CCCC2)s1)N1CCN(CCOc2ccccc2Cl)CC1. The van der Waals surface area contributed by atoms with Gasteiger partial charge >= 0.3 is 0 Å². The van der Waals surface area contributed by atoms with Crippen LogP contribution in [0.2, 0.25) is 5.02 Å². The quantitative estimate of drug-likeness (QED) is 0.561. The van der Waals surface area contributed by atoms with Crippen molar-refractivity contribution < 1.29 is 17.9 Å². The van der Waals surface area contributed by atoms with Gasteiger partial charge in [-0.1, -0.05) is 23.7 Å². The van der Waals surface area contributed by atoms with Crippen molar-refractivity contribution in [2.75, 3.05) is 52.4 Å². The van der Waals surface area contributed by atoms with Gasteiger partial charge in [0.1, 0.15) is 16.6 Å². The third-order valence-electron chi connectivity index (χ3n) is 5.85. The number of nitrogens with zero attached hydrogens (tertiary/aromatic N) is 3. The van der Waals surface area contributed by atoms with E-state index in [1.54, 1.807) is 22.5 Å². The zero-order chi connectivity index (χ0) is 22.6. The molecule has 2 fully saturated rings. The Morgan fingerprint density at radius 3 is 2.44 bits per heavy atom. The molecule has 4 rings (SSSR count). The Hall–Kier alpha value is -1.65. The van der Waals surface area contributed by atoms with E-state index in [9.17, 15) is 13.2 Å². The smallest absolute Gasteiger partial charge is 0.252 e. The van der Waals surface area contributed by atoms with Crippen molar-refractivity contribution in [1.82, 2.24) is 14.1 Å². The standard InChI is InChI=1S/C22H28ClN3O4S2/c23-19-5-1-2-6-20(19)30-16-15-24-11-13-25(14-12-24)21(27)17-18-7-8-22(31-18)32(28,29)26-9-3-4-10-26/h1-2,5-8H,3-4,9-17H2. The average Bonchev–Trinajstić information content (AvgIpc) is 3.49. The van der Waals surface area contributed by atoms with Gasteiger partial charge in [0.15, 0.2) is 0 Å². The summed E-state index contributed by atoms with van der Waals surface area (Å²) in [5, 5.41) is 0.605. The molecular formula is C22H28ClN3O4S2. The predicted molar refractivity (Wildman–Crippen MR) is 126 cm³/mol. The summed E-state index contributed by atoms with van der Waals surface area (Å²) >= 11 is 7.32. The second kappa shape index (κ2) is 10.5. The van der Waals surface area contributed by atoms with Gasteiger partial charge in [0.2, 0.25) is 5.91 Å². The van der Waals surface area contributed by atoms with E-state index in [2.05, 4.69) is 4.90 Å². The lowest BCUT2D eigenvalue weighted by Crippen LogP contribution is -2.49. The molecule has 10 heteroatoms.